The molecule has 0 aliphatic carbocycles. The van der Waals surface area contributed by atoms with Crippen LogP contribution in [0.1, 0.15) is 12.6 Å². The van der Waals surface area contributed by atoms with Crippen molar-refractivity contribution in [2.75, 3.05) is 0 Å². The Labute approximate surface area is 81.0 Å². The topological polar surface area (TPSA) is 17.8 Å². The van der Waals surface area contributed by atoms with Gasteiger partial charge in [-0.3, -0.25) is 0 Å². The maximum atomic E-state index is 4.25. The largest absolute Gasteiger partial charge is 0.194 e. The molecule has 0 saturated heterocycles. The summed E-state index contributed by atoms with van der Waals surface area (Å²) in [6.07, 6.45) is 1.96. The van der Waals surface area contributed by atoms with E-state index in [9.17, 15) is 0 Å². The normalized spacial score (nSPS) is 10.8. The van der Waals surface area contributed by atoms with Crippen molar-refractivity contribution in [3.05, 3.63) is 11.9 Å². The summed E-state index contributed by atoms with van der Waals surface area (Å²) in [5, 5.41) is 5.65. The lowest BCUT2D eigenvalue weighted by molar-refractivity contribution is 0.880. The first kappa shape index (κ1) is 10.1. The molecule has 0 atom stereocenters. The third-order valence-electron chi connectivity index (χ3n) is 2.04. The van der Waals surface area contributed by atoms with Crippen LogP contribution in [0.25, 0.3) is 0 Å². The molecule has 2 nitrogen and oxygen atoms in total. The number of aromatic nitrogens is 2. The molecule has 0 fully saturated rings. The maximum absolute atomic E-state index is 4.25. The monoisotopic (exact) mass is 192 g/mol. The quantitative estimate of drug-likeness (QED) is 0.488. The van der Waals surface area contributed by atoms with Gasteiger partial charge in [-0.1, -0.05) is 25.6 Å². The van der Waals surface area contributed by atoms with E-state index in [2.05, 4.69) is 43.6 Å². The molecule has 1 aromatic rings. The van der Waals surface area contributed by atoms with Gasteiger partial charge in [0.2, 0.25) is 0 Å². The number of rotatable bonds is 1. The molecular formula is C10H16N2Si. The van der Waals surface area contributed by atoms with Gasteiger partial charge >= 0.3 is 0 Å². The predicted molar refractivity (Wildman–Crippen MR) is 58.8 cm³/mol. The van der Waals surface area contributed by atoms with E-state index in [-0.39, 0.29) is 0 Å². The van der Waals surface area contributed by atoms with E-state index < -0.39 is 8.07 Å². The number of hydrogen-bond donors (Lipinski definition) is 0. The SMILES string of the molecule is CC#Cn1ncc([Si](C)(C)C)c1C. The van der Waals surface area contributed by atoms with Gasteiger partial charge in [-0.25, -0.2) is 0 Å². The first-order chi connectivity index (χ1) is 5.96. The lowest BCUT2D eigenvalue weighted by Crippen LogP contribution is -2.38. The highest BCUT2D eigenvalue weighted by Gasteiger charge is 2.21. The van der Waals surface area contributed by atoms with E-state index in [0.717, 1.165) is 0 Å². The zero-order chi connectivity index (χ0) is 10.1. The second-order valence-electron chi connectivity index (χ2n) is 4.17. The molecule has 3 heteroatoms. The Morgan fingerprint density at radius 3 is 2.38 bits per heavy atom. The molecule has 0 aliphatic rings. The molecule has 0 unspecified atom stereocenters. The molecule has 13 heavy (non-hydrogen) atoms. The van der Waals surface area contributed by atoms with Gasteiger partial charge in [0, 0.05) is 17.9 Å². The summed E-state index contributed by atoms with van der Waals surface area (Å²) in [6, 6.07) is 2.95. The van der Waals surface area contributed by atoms with Crippen LogP contribution in [0.5, 0.6) is 0 Å². The van der Waals surface area contributed by atoms with Gasteiger partial charge in [-0.2, -0.15) is 9.78 Å². The lowest BCUT2D eigenvalue weighted by atomic mass is 10.5. The van der Waals surface area contributed by atoms with Crippen molar-refractivity contribution in [2.24, 2.45) is 0 Å². The van der Waals surface area contributed by atoms with E-state index in [0.29, 0.717) is 0 Å². The summed E-state index contributed by atoms with van der Waals surface area (Å²) in [5.41, 5.74) is 1.20. The van der Waals surface area contributed by atoms with Gasteiger partial charge in [-0.15, -0.1) is 0 Å². The van der Waals surface area contributed by atoms with Crippen molar-refractivity contribution in [1.29, 1.82) is 0 Å². The summed E-state index contributed by atoms with van der Waals surface area (Å²) >= 11 is 0. The highest BCUT2D eigenvalue weighted by Crippen LogP contribution is 2.04. The summed E-state index contributed by atoms with van der Waals surface area (Å²) in [6.45, 7) is 10.9. The van der Waals surface area contributed by atoms with E-state index in [1.165, 1.54) is 10.9 Å². The molecule has 0 aromatic carbocycles. The molecule has 0 saturated carbocycles. The van der Waals surface area contributed by atoms with Crippen LogP contribution in [0.4, 0.5) is 0 Å². The van der Waals surface area contributed by atoms with Crippen molar-refractivity contribution in [2.45, 2.75) is 33.5 Å². The Kier molecular flexibility index (Phi) is 2.62. The van der Waals surface area contributed by atoms with E-state index in [1.54, 1.807) is 4.68 Å². The minimum atomic E-state index is -1.24. The molecule has 1 rings (SSSR count). The van der Waals surface area contributed by atoms with Crippen LogP contribution in [0.2, 0.25) is 19.6 Å². The summed E-state index contributed by atoms with van der Waals surface area (Å²) in [7, 11) is -1.24. The fraction of sp³-hybridized carbons (Fsp3) is 0.500. The molecule has 70 valence electrons. The minimum absolute atomic E-state index is 1.20. The summed E-state index contributed by atoms with van der Waals surface area (Å²) < 4.78 is 1.77. The number of hydrogen-bond acceptors (Lipinski definition) is 1. The third-order valence-corrected chi connectivity index (χ3v) is 4.14. The fourth-order valence-corrected chi connectivity index (χ4v) is 3.00. The smallest absolute Gasteiger partial charge is 0.0821 e. The molecular weight excluding hydrogens is 176 g/mol. The van der Waals surface area contributed by atoms with Crippen LogP contribution >= 0.6 is 0 Å². The van der Waals surface area contributed by atoms with Gasteiger partial charge in [0.05, 0.1) is 8.07 Å². The first-order valence-corrected chi connectivity index (χ1v) is 7.94. The van der Waals surface area contributed by atoms with Gasteiger partial charge in [0.15, 0.2) is 0 Å². The molecule has 0 radical (unpaired) electrons. The Bertz CT molecular complexity index is 361. The third kappa shape index (κ3) is 2.01. The second-order valence-corrected chi connectivity index (χ2v) is 9.21. The minimum Gasteiger partial charge on any atom is -0.194 e. The average molecular weight is 192 g/mol. The maximum Gasteiger partial charge on any atom is 0.0821 e. The molecule has 0 N–H and O–H groups in total. The fourth-order valence-electron chi connectivity index (χ4n) is 1.36. The first-order valence-electron chi connectivity index (χ1n) is 4.44. The molecule has 0 amide bonds. The zero-order valence-corrected chi connectivity index (χ0v) is 9.97. The Balaban J connectivity index is 3.19. The molecule has 1 heterocycles. The van der Waals surface area contributed by atoms with Crippen LogP contribution in [0, 0.1) is 18.9 Å². The van der Waals surface area contributed by atoms with Crippen molar-refractivity contribution in [3.8, 4) is 12.0 Å². The van der Waals surface area contributed by atoms with Gasteiger partial charge in [0.25, 0.3) is 0 Å². The van der Waals surface area contributed by atoms with E-state index in [4.69, 9.17) is 0 Å². The van der Waals surface area contributed by atoms with Crippen molar-refractivity contribution in [1.82, 2.24) is 9.78 Å². The lowest BCUT2D eigenvalue weighted by Gasteiger charge is -2.14. The second kappa shape index (κ2) is 3.39. The molecule has 0 bridgehead atoms. The van der Waals surface area contributed by atoms with Crippen LogP contribution in [0.3, 0.4) is 0 Å². The van der Waals surface area contributed by atoms with Crippen molar-refractivity contribution in [3.63, 3.8) is 0 Å². The van der Waals surface area contributed by atoms with Gasteiger partial charge in [0.1, 0.15) is 0 Å². The average Bonchev–Trinajstić information content (AvgIpc) is 2.32. The van der Waals surface area contributed by atoms with Gasteiger partial charge in [-0.05, 0) is 19.0 Å². The standard InChI is InChI=1S/C10H16N2Si/c1-6-7-12-9(2)10(8-11-12)13(3,4)5/h8H,1-5H3. The number of nitrogens with zero attached hydrogens (tertiary/aromatic N) is 2. The van der Waals surface area contributed by atoms with E-state index in [1.807, 2.05) is 13.1 Å². The Morgan fingerprint density at radius 1 is 1.38 bits per heavy atom. The van der Waals surface area contributed by atoms with Crippen LogP contribution in [0.15, 0.2) is 6.20 Å². The summed E-state index contributed by atoms with van der Waals surface area (Å²) in [4.78, 5) is 0. The molecule has 0 aliphatic heterocycles. The van der Waals surface area contributed by atoms with Crippen molar-refractivity contribution >= 4 is 13.3 Å². The molecule has 1 aromatic heterocycles. The highest BCUT2D eigenvalue weighted by atomic mass is 28.3. The Morgan fingerprint density at radius 2 is 2.00 bits per heavy atom. The zero-order valence-electron chi connectivity index (χ0n) is 8.97. The van der Waals surface area contributed by atoms with Crippen LogP contribution in [-0.4, -0.2) is 17.9 Å². The summed E-state index contributed by atoms with van der Waals surface area (Å²) in [5.74, 6) is 2.86. The molecule has 0 spiro atoms. The Hall–Kier alpha value is -1.01. The predicted octanol–water partition coefficient (Wildman–Crippen LogP) is 1.57. The van der Waals surface area contributed by atoms with E-state index >= 15 is 0 Å². The van der Waals surface area contributed by atoms with Crippen LogP contribution in [-0.2, 0) is 0 Å². The van der Waals surface area contributed by atoms with Crippen molar-refractivity contribution < 1.29 is 0 Å². The van der Waals surface area contributed by atoms with Gasteiger partial charge < -0.3 is 0 Å². The van der Waals surface area contributed by atoms with Crippen LogP contribution < -0.4 is 5.19 Å². The highest BCUT2D eigenvalue weighted by molar-refractivity contribution is 6.88.